The molecular formula is C20H18N4O. The zero-order chi connectivity index (χ0) is 17.2. The van der Waals surface area contributed by atoms with E-state index in [1.54, 1.807) is 23.5 Å². The van der Waals surface area contributed by atoms with E-state index in [2.05, 4.69) is 16.9 Å². The largest absolute Gasteiger partial charge is 0.361 e. The molecular weight excluding hydrogens is 312 g/mol. The fraction of sp³-hybridized carbons (Fsp3) is 0.100. The molecule has 124 valence electrons. The molecule has 0 saturated heterocycles. The topological polar surface area (TPSA) is 50.2 Å². The number of hydrogen-bond donors (Lipinski definition) is 1. The summed E-state index contributed by atoms with van der Waals surface area (Å²) in [6.45, 7) is 4.27. The van der Waals surface area contributed by atoms with E-state index in [9.17, 15) is 4.79 Å². The number of para-hydroxylation sites is 1. The van der Waals surface area contributed by atoms with Gasteiger partial charge in [-0.05, 0) is 29.8 Å². The van der Waals surface area contributed by atoms with E-state index in [-0.39, 0.29) is 12.1 Å². The number of amides is 1. The highest BCUT2D eigenvalue weighted by atomic mass is 16.2. The Kier molecular flexibility index (Phi) is 3.82. The minimum absolute atomic E-state index is 0.0120. The van der Waals surface area contributed by atoms with Crippen LogP contribution in [0.15, 0.2) is 79.9 Å². The lowest BCUT2D eigenvalue weighted by atomic mass is 10.0. The van der Waals surface area contributed by atoms with Crippen LogP contribution in [0, 0.1) is 0 Å². The lowest BCUT2D eigenvalue weighted by Gasteiger charge is -2.37. The van der Waals surface area contributed by atoms with Gasteiger partial charge in [0.05, 0.1) is 11.9 Å². The average Bonchev–Trinajstić information content (AvgIpc) is 3.19. The molecule has 0 fully saturated rings. The molecule has 0 saturated carbocycles. The maximum Gasteiger partial charge on any atom is 0.258 e. The summed E-state index contributed by atoms with van der Waals surface area (Å²) in [5.41, 5.74) is 3.60. The van der Waals surface area contributed by atoms with Crippen LogP contribution >= 0.6 is 0 Å². The number of anilines is 1. The van der Waals surface area contributed by atoms with Gasteiger partial charge < -0.3 is 14.8 Å². The third-order valence-corrected chi connectivity index (χ3v) is 4.36. The number of carbonyl (C=O) groups is 1. The van der Waals surface area contributed by atoms with Crippen LogP contribution in [0.4, 0.5) is 5.69 Å². The van der Waals surface area contributed by atoms with Crippen molar-refractivity contribution in [2.45, 2.75) is 6.17 Å². The van der Waals surface area contributed by atoms with E-state index in [0.717, 1.165) is 16.9 Å². The molecule has 1 aliphatic rings. The van der Waals surface area contributed by atoms with E-state index in [0.29, 0.717) is 12.1 Å². The molecule has 2 aromatic carbocycles. The summed E-state index contributed by atoms with van der Waals surface area (Å²) >= 11 is 0. The molecule has 1 amide bonds. The highest BCUT2D eigenvalue weighted by Crippen LogP contribution is 2.33. The highest BCUT2D eigenvalue weighted by Gasteiger charge is 2.31. The van der Waals surface area contributed by atoms with Crippen LogP contribution in [0.2, 0.25) is 0 Å². The Morgan fingerprint density at radius 1 is 1.16 bits per heavy atom. The number of rotatable bonds is 4. The molecule has 0 spiro atoms. The van der Waals surface area contributed by atoms with Crippen molar-refractivity contribution in [2.24, 2.45) is 0 Å². The van der Waals surface area contributed by atoms with Crippen LogP contribution in [0.3, 0.4) is 0 Å². The van der Waals surface area contributed by atoms with Crippen molar-refractivity contribution in [1.82, 2.24) is 14.5 Å². The van der Waals surface area contributed by atoms with Crippen LogP contribution in [0.25, 0.3) is 5.69 Å². The summed E-state index contributed by atoms with van der Waals surface area (Å²) in [6, 6.07) is 15.7. The van der Waals surface area contributed by atoms with Crippen LogP contribution in [0.1, 0.15) is 22.1 Å². The molecule has 3 aromatic rings. The fourth-order valence-electron chi connectivity index (χ4n) is 3.12. The van der Waals surface area contributed by atoms with Gasteiger partial charge in [-0.2, -0.15) is 0 Å². The van der Waals surface area contributed by atoms with Crippen molar-refractivity contribution in [2.75, 3.05) is 11.9 Å². The van der Waals surface area contributed by atoms with Gasteiger partial charge in [0.15, 0.2) is 0 Å². The van der Waals surface area contributed by atoms with Gasteiger partial charge in [0.1, 0.15) is 6.17 Å². The van der Waals surface area contributed by atoms with E-state index in [1.165, 1.54) is 0 Å². The van der Waals surface area contributed by atoms with Gasteiger partial charge in [-0.25, -0.2) is 4.98 Å². The summed E-state index contributed by atoms with van der Waals surface area (Å²) in [4.78, 5) is 18.7. The van der Waals surface area contributed by atoms with E-state index < -0.39 is 0 Å². The van der Waals surface area contributed by atoms with E-state index in [1.807, 2.05) is 59.3 Å². The minimum Gasteiger partial charge on any atom is -0.361 e. The summed E-state index contributed by atoms with van der Waals surface area (Å²) in [7, 11) is 0. The Labute approximate surface area is 146 Å². The molecule has 1 aromatic heterocycles. The number of nitrogens with one attached hydrogen (secondary N) is 1. The zero-order valence-electron chi connectivity index (χ0n) is 13.7. The minimum atomic E-state index is -0.225. The Hall–Kier alpha value is -3.34. The fourth-order valence-corrected chi connectivity index (χ4v) is 3.12. The van der Waals surface area contributed by atoms with Crippen molar-refractivity contribution in [3.05, 3.63) is 91.0 Å². The first-order valence-corrected chi connectivity index (χ1v) is 8.13. The Morgan fingerprint density at radius 3 is 2.68 bits per heavy atom. The lowest BCUT2D eigenvalue weighted by Crippen LogP contribution is -2.42. The predicted molar refractivity (Wildman–Crippen MR) is 97.6 cm³/mol. The quantitative estimate of drug-likeness (QED) is 0.743. The first kappa shape index (κ1) is 15.2. The van der Waals surface area contributed by atoms with Crippen molar-refractivity contribution in [3.8, 4) is 5.69 Å². The van der Waals surface area contributed by atoms with Crippen molar-refractivity contribution >= 4 is 11.6 Å². The first-order chi connectivity index (χ1) is 12.3. The van der Waals surface area contributed by atoms with Gasteiger partial charge in [-0.1, -0.05) is 30.3 Å². The normalized spacial score (nSPS) is 16.2. The molecule has 0 aliphatic carbocycles. The van der Waals surface area contributed by atoms with Crippen LogP contribution in [0.5, 0.6) is 0 Å². The number of benzene rings is 2. The Balaban J connectivity index is 1.70. The van der Waals surface area contributed by atoms with Crippen LogP contribution in [-0.2, 0) is 0 Å². The van der Waals surface area contributed by atoms with E-state index in [4.69, 9.17) is 0 Å². The summed E-state index contributed by atoms with van der Waals surface area (Å²) < 4.78 is 1.94. The SMILES string of the molecule is C=CCN1C(=O)c2ccccc2N[C@H]1c1ccc(-n2ccnc2)cc1. The maximum absolute atomic E-state index is 12.9. The van der Waals surface area contributed by atoms with Crippen molar-refractivity contribution < 1.29 is 4.79 Å². The number of imidazole rings is 1. The number of nitrogens with zero attached hydrogens (tertiary/aromatic N) is 3. The second-order valence-electron chi connectivity index (χ2n) is 5.90. The molecule has 1 atom stereocenters. The molecule has 1 N–H and O–H groups in total. The summed E-state index contributed by atoms with van der Waals surface area (Å²) in [5, 5.41) is 3.47. The number of carbonyl (C=O) groups excluding carboxylic acids is 1. The Morgan fingerprint density at radius 2 is 1.96 bits per heavy atom. The lowest BCUT2D eigenvalue weighted by molar-refractivity contribution is 0.0707. The van der Waals surface area contributed by atoms with Gasteiger partial charge in [0.2, 0.25) is 0 Å². The molecule has 5 heteroatoms. The number of fused-ring (bicyclic) bond motifs is 1. The number of aromatic nitrogens is 2. The van der Waals surface area contributed by atoms with Crippen LogP contribution in [-0.4, -0.2) is 26.9 Å². The Bertz CT molecular complexity index is 900. The number of hydrogen-bond acceptors (Lipinski definition) is 3. The van der Waals surface area contributed by atoms with Crippen LogP contribution < -0.4 is 5.32 Å². The maximum atomic E-state index is 12.9. The molecule has 4 rings (SSSR count). The average molecular weight is 330 g/mol. The second-order valence-corrected chi connectivity index (χ2v) is 5.90. The van der Waals surface area contributed by atoms with Gasteiger partial charge in [-0.15, -0.1) is 6.58 Å². The predicted octanol–water partition coefficient (Wildman–Crippen LogP) is 3.62. The van der Waals surface area contributed by atoms with Gasteiger partial charge in [0, 0.05) is 30.3 Å². The molecule has 0 unspecified atom stereocenters. The standard InChI is InChI=1S/C20H18N4O/c1-2-12-24-19(22-18-6-4-3-5-17(18)20(24)25)15-7-9-16(10-8-15)23-13-11-21-14-23/h2-11,13-14,19,22H,1,12H2/t19-/m1/s1. The zero-order valence-corrected chi connectivity index (χ0v) is 13.7. The molecule has 2 heterocycles. The monoisotopic (exact) mass is 330 g/mol. The van der Waals surface area contributed by atoms with Gasteiger partial charge in [0.25, 0.3) is 5.91 Å². The molecule has 5 nitrogen and oxygen atoms in total. The van der Waals surface area contributed by atoms with Crippen molar-refractivity contribution in [3.63, 3.8) is 0 Å². The molecule has 1 aliphatic heterocycles. The molecule has 0 radical (unpaired) electrons. The molecule has 0 bridgehead atoms. The molecule has 25 heavy (non-hydrogen) atoms. The smallest absolute Gasteiger partial charge is 0.258 e. The summed E-state index contributed by atoms with van der Waals surface area (Å²) in [5.74, 6) is 0.0120. The van der Waals surface area contributed by atoms with Gasteiger partial charge in [-0.3, -0.25) is 4.79 Å². The third kappa shape index (κ3) is 2.70. The van der Waals surface area contributed by atoms with Crippen molar-refractivity contribution in [1.29, 1.82) is 0 Å². The first-order valence-electron chi connectivity index (χ1n) is 8.13. The highest BCUT2D eigenvalue weighted by molar-refractivity contribution is 6.01. The third-order valence-electron chi connectivity index (χ3n) is 4.36. The van der Waals surface area contributed by atoms with Gasteiger partial charge >= 0.3 is 0 Å². The second kappa shape index (κ2) is 6.28. The summed E-state index contributed by atoms with van der Waals surface area (Å²) in [6.07, 6.45) is 6.94. The van der Waals surface area contributed by atoms with E-state index >= 15 is 0 Å².